The van der Waals surface area contributed by atoms with Crippen molar-refractivity contribution in [1.29, 1.82) is 0 Å². The van der Waals surface area contributed by atoms with E-state index >= 15 is 4.39 Å². The lowest BCUT2D eigenvalue weighted by Gasteiger charge is -2.33. The molecule has 0 N–H and O–H groups in total. The molecule has 2 heterocycles. The van der Waals surface area contributed by atoms with Crippen molar-refractivity contribution in [2.24, 2.45) is 4.51 Å². The molecule has 0 spiro atoms. The third-order valence-electron chi connectivity index (χ3n) is 6.91. The first kappa shape index (κ1) is 29.0. The van der Waals surface area contributed by atoms with Crippen molar-refractivity contribution in [3.63, 3.8) is 0 Å². The summed E-state index contributed by atoms with van der Waals surface area (Å²) < 4.78 is 42.1. The molecule has 0 saturated carbocycles. The van der Waals surface area contributed by atoms with Crippen LogP contribution in [0.4, 0.5) is 10.1 Å². The minimum absolute atomic E-state index is 0.0178. The van der Waals surface area contributed by atoms with E-state index in [1.165, 1.54) is 0 Å². The highest BCUT2D eigenvalue weighted by molar-refractivity contribution is 6.23. The number of morpholine rings is 1. The normalized spacial score (nSPS) is 16.5. The number of Topliss-reactive ketones (excluding diaryl/α,β-unsaturated/α-hetero) is 1. The average molecular weight is 562 g/mol. The maximum absolute atomic E-state index is 15.7. The number of amidine groups is 1. The van der Waals surface area contributed by atoms with E-state index in [4.69, 9.17) is 30.7 Å². The number of nitrogens with zero attached hydrogens (tertiary/aromatic N) is 3. The number of methoxy groups -OCH3 is 1. The first-order valence-electron chi connectivity index (χ1n) is 13.3. The third kappa shape index (κ3) is 5.79. The van der Waals surface area contributed by atoms with Crippen molar-refractivity contribution in [2.45, 2.75) is 46.6 Å². The number of hydrogen-bond acceptors (Lipinski definition) is 7. The van der Waals surface area contributed by atoms with Crippen molar-refractivity contribution >= 4 is 29.1 Å². The first-order chi connectivity index (χ1) is 18.6. The molecule has 0 radical (unpaired) electrons. The van der Waals surface area contributed by atoms with Crippen LogP contribution in [0.15, 0.2) is 22.7 Å². The fraction of sp³-hybridized carbons (Fsp3) is 0.517. The van der Waals surface area contributed by atoms with E-state index in [2.05, 4.69) is 30.2 Å². The zero-order chi connectivity index (χ0) is 28.3. The molecule has 10 heteroatoms. The van der Waals surface area contributed by atoms with Crippen LogP contribution >= 0.6 is 11.8 Å². The predicted octanol–water partition coefficient (Wildman–Crippen LogP) is 5.36. The van der Waals surface area contributed by atoms with E-state index in [-0.39, 0.29) is 48.0 Å². The van der Waals surface area contributed by atoms with Gasteiger partial charge >= 0.3 is 0 Å². The Hall–Kier alpha value is -3.04. The van der Waals surface area contributed by atoms with Crippen LogP contribution in [0.5, 0.6) is 17.2 Å². The van der Waals surface area contributed by atoms with Crippen LogP contribution in [-0.2, 0) is 16.7 Å². The van der Waals surface area contributed by atoms with E-state index in [0.29, 0.717) is 49.8 Å². The molecular weight excluding hydrogens is 525 g/mol. The summed E-state index contributed by atoms with van der Waals surface area (Å²) in [6, 6.07) is 5.51. The fourth-order valence-electron chi connectivity index (χ4n) is 5.08. The Morgan fingerprint density at radius 1 is 1.10 bits per heavy atom. The number of anilines is 1. The lowest BCUT2D eigenvalue weighted by atomic mass is 9.84. The van der Waals surface area contributed by atoms with Crippen molar-refractivity contribution in [3.05, 3.63) is 46.3 Å². The second kappa shape index (κ2) is 12.0. The van der Waals surface area contributed by atoms with Crippen molar-refractivity contribution in [2.75, 3.05) is 58.1 Å². The first-order valence-corrected chi connectivity index (χ1v) is 13.6. The van der Waals surface area contributed by atoms with Gasteiger partial charge in [-0.1, -0.05) is 20.8 Å². The highest BCUT2D eigenvalue weighted by Crippen LogP contribution is 2.42. The Morgan fingerprint density at radius 3 is 2.38 bits per heavy atom. The molecule has 212 valence electrons. The van der Waals surface area contributed by atoms with E-state index < -0.39 is 5.82 Å². The Morgan fingerprint density at radius 2 is 1.79 bits per heavy atom. The lowest BCUT2D eigenvalue weighted by molar-refractivity contribution is 0.0962. The molecule has 2 aliphatic heterocycles. The van der Waals surface area contributed by atoms with E-state index in [1.807, 2.05) is 19.1 Å². The summed E-state index contributed by atoms with van der Waals surface area (Å²) in [5.74, 6) is 0.549. The van der Waals surface area contributed by atoms with E-state index in [0.717, 1.165) is 17.0 Å². The number of ketones is 1. The SMILES string of the molecule is CCOc1cc2c(c(F)c1OCC)C(=NCl)N(CC(=O)c1cc(N3CCOCC3)c(OC)c(C(C)(C)C)c1)C2. The molecule has 0 aliphatic carbocycles. The molecule has 0 amide bonds. The highest BCUT2D eigenvalue weighted by Gasteiger charge is 2.35. The van der Waals surface area contributed by atoms with Crippen LogP contribution in [0, 0.1) is 5.82 Å². The second-order valence-electron chi connectivity index (χ2n) is 10.5. The smallest absolute Gasteiger partial charge is 0.197 e. The number of carbonyl (C=O) groups is 1. The minimum Gasteiger partial charge on any atom is -0.494 e. The van der Waals surface area contributed by atoms with Gasteiger partial charge < -0.3 is 28.7 Å². The van der Waals surface area contributed by atoms with Crippen LogP contribution in [0.1, 0.15) is 61.7 Å². The average Bonchev–Trinajstić information content (AvgIpc) is 3.27. The molecule has 39 heavy (non-hydrogen) atoms. The van der Waals surface area contributed by atoms with Crippen LogP contribution in [0.3, 0.4) is 0 Å². The van der Waals surface area contributed by atoms with Gasteiger partial charge in [-0.05, 0) is 43.0 Å². The molecule has 0 bridgehead atoms. The minimum atomic E-state index is -0.596. The Bertz CT molecular complexity index is 1250. The zero-order valence-corrected chi connectivity index (χ0v) is 24.3. The molecule has 2 aliphatic rings. The van der Waals surface area contributed by atoms with Gasteiger partial charge in [-0.25, -0.2) is 4.39 Å². The van der Waals surface area contributed by atoms with Crippen LogP contribution in [0.25, 0.3) is 0 Å². The molecular formula is C29H37ClFN3O5. The summed E-state index contributed by atoms with van der Waals surface area (Å²) in [5.41, 5.74) is 2.92. The molecule has 1 saturated heterocycles. The van der Waals surface area contributed by atoms with Crippen molar-refractivity contribution in [3.8, 4) is 17.2 Å². The molecule has 8 nitrogen and oxygen atoms in total. The van der Waals surface area contributed by atoms with Gasteiger partial charge in [0.1, 0.15) is 5.75 Å². The summed E-state index contributed by atoms with van der Waals surface area (Å²) in [7, 11) is 1.66. The predicted molar refractivity (Wildman–Crippen MR) is 151 cm³/mol. The standard InChI is InChI=1S/C29H37ClFN3O5/c1-7-38-23-15-19-16-34(28(32-30)24(19)25(31)27(23)39-8-2)17-22(35)18-13-20(29(3,4)5)26(36-6)21(14-18)33-9-11-37-12-10-33/h13-15H,7-12,16-17H2,1-6H3. The molecule has 2 aromatic carbocycles. The van der Waals surface area contributed by atoms with E-state index in [9.17, 15) is 4.79 Å². The van der Waals surface area contributed by atoms with E-state index in [1.54, 1.807) is 25.0 Å². The summed E-state index contributed by atoms with van der Waals surface area (Å²) in [4.78, 5) is 17.7. The second-order valence-corrected chi connectivity index (χ2v) is 10.7. The number of halogens is 2. The summed E-state index contributed by atoms with van der Waals surface area (Å²) in [6.07, 6.45) is 0. The number of fused-ring (bicyclic) bond motifs is 1. The lowest BCUT2D eigenvalue weighted by Crippen LogP contribution is -2.37. The fourth-order valence-corrected chi connectivity index (χ4v) is 5.27. The molecule has 0 unspecified atom stereocenters. The topological polar surface area (TPSA) is 72.8 Å². The Kier molecular flexibility index (Phi) is 8.91. The summed E-state index contributed by atoms with van der Waals surface area (Å²) in [5, 5.41) is 0. The van der Waals surface area contributed by atoms with Crippen molar-refractivity contribution < 1.29 is 28.1 Å². The number of hydrogen-bond donors (Lipinski definition) is 0. The summed E-state index contributed by atoms with van der Waals surface area (Å²) in [6.45, 7) is 13.3. The van der Waals surface area contributed by atoms with Gasteiger partial charge in [-0.15, -0.1) is 0 Å². The van der Waals surface area contributed by atoms with Crippen LogP contribution < -0.4 is 19.1 Å². The van der Waals surface area contributed by atoms with Gasteiger partial charge in [0.05, 0.1) is 51.3 Å². The molecule has 0 aromatic heterocycles. The highest BCUT2D eigenvalue weighted by atomic mass is 35.5. The van der Waals surface area contributed by atoms with Gasteiger partial charge in [0.2, 0.25) is 0 Å². The molecule has 0 atom stereocenters. The molecule has 4 rings (SSSR count). The largest absolute Gasteiger partial charge is 0.494 e. The quantitative estimate of drug-likeness (QED) is 0.381. The Labute approximate surface area is 234 Å². The number of ether oxygens (including phenoxy) is 4. The maximum Gasteiger partial charge on any atom is 0.197 e. The van der Waals surface area contributed by atoms with Gasteiger partial charge in [-0.3, -0.25) is 4.79 Å². The third-order valence-corrected chi connectivity index (χ3v) is 7.07. The Balaban J connectivity index is 1.70. The molecule has 1 fully saturated rings. The maximum atomic E-state index is 15.7. The van der Waals surface area contributed by atoms with Gasteiger partial charge in [0, 0.05) is 42.5 Å². The van der Waals surface area contributed by atoms with Crippen LogP contribution in [-0.4, -0.2) is 69.7 Å². The monoisotopic (exact) mass is 561 g/mol. The number of benzene rings is 2. The van der Waals surface area contributed by atoms with Crippen molar-refractivity contribution in [1.82, 2.24) is 4.90 Å². The number of rotatable bonds is 9. The molecule has 2 aromatic rings. The van der Waals surface area contributed by atoms with Gasteiger partial charge in [0.15, 0.2) is 28.9 Å². The van der Waals surface area contributed by atoms with Gasteiger partial charge in [0.25, 0.3) is 0 Å². The number of carbonyl (C=O) groups excluding carboxylic acids is 1. The van der Waals surface area contributed by atoms with Crippen LogP contribution in [0.2, 0.25) is 0 Å². The summed E-state index contributed by atoms with van der Waals surface area (Å²) >= 11 is 5.97. The zero-order valence-electron chi connectivity index (χ0n) is 23.5. The van der Waals surface area contributed by atoms with Gasteiger partial charge in [-0.2, -0.15) is 4.51 Å².